The summed E-state index contributed by atoms with van der Waals surface area (Å²) in [4.78, 5) is 24.4. The molecule has 28 heavy (non-hydrogen) atoms. The Balaban J connectivity index is 1.93. The van der Waals surface area contributed by atoms with Crippen LogP contribution in [0.25, 0.3) is 0 Å². The monoisotopic (exact) mass is 392 g/mol. The standard InChI is InChI=1S/C22H32O6/c1-14-16-7-12-22(5,28-19(14)24)17(26-15(2)23)8-11-20(3,25)9-6-10-21(4)18(13-16)27-21/h6,9,16-18,25H,1,7-8,10-13H2,2-5H3/b9-6+/t16-,17-,18+,20+,21+,22-/m1/s1. The van der Waals surface area contributed by atoms with Crippen molar-refractivity contribution >= 4 is 11.9 Å². The number of carbonyl (C=O) groups is 2. The molecular formula is C22H32O6. The molecule has 1 aliphatic carbocycles. The number of fused-ring (bicyclic) bond motifs is 4. The van der Waals surface area contributed by atoms with E-state index in [1.54, 1.807) is 13.0 Å². The molecule has 2 bridgehead atoms. The van der Waals surface area contributed by atoms with Crippen LogP contribution in [0.3, 0.4) is 0 Å². The van der Waals surface area contributed by atoms with Crippen LogP contribution in [0.4, 0.5) is 0 Å². The van der Waals surface area contributed by atoms with E-state index < -0.39 is 29.2 Å². The predicted octanol–water partition coefficient (Wildman–Crippen LogP) is 3.22. The highest BCUT2D eigenvalue weighted by Crippen LogP contribution is 2.47. The largest absolute Gasteiger partial charge is 0.458 e. The lowest BCUT2D eigenvalue weighted by Gasteiger charge is -2.36. The van der Waals surface area contributed by atoms with Crippen LogP contribution in [-0.4, -0.2) is 46.1 Å². The molecule has 3 aliphatic rings. The molecule has 6 nitrogen and oxygen atoms in total. The molecule has 0 radical (unpaired) electrons. The molecule has 0 saturated carbocycles. The third-order valence-electron chi connectivity index (χ3n) is 6.51. The lowest BCUT2D eigenvalue weighted by molar-refractivity contribution is -0.181. The minimum atomic E-state index is -1.06. The van der Waals surface area contributed by atoms with Crippen molar-refractivity contribution in [3.63, 3.8) is 0 Å². The Morgan fingerprint density at radius 2 is 1.96 bits per heavy atom. The Morgan fingerprint density at radius 1 is 1.25 bits per heavy atom. The van der Waals surface area contributed by atoms with Gasteiger partial charge in [-0.25, -0.2) is 4.79 Å². The Labute approximate surface area is 166 Å². The first-order valence-corrected chi connectivity index (χ1v) is 10.1. The van der Waals surface area contributed by atoms with Crippen LogP contribution < -0.4 is 0 Å². The summed E-state index contributed by atoms with van der Waals surface area (Å²) in [5, 5.41) is 10.7. The number of hydrogen-bond acceptors (Lipinski definition) is 6. The molecule has 3 rings (SSSR count). The molecule has 2 aliphatic heterocycles. The maximum atomic E-state index is 12.7. The molecule has 6 heteroatoms. The Morgan fingerprint density at radius 3 is 2.64 bits per heavy atom. The first kappa shape index (κ1) is 21.1. The second-order valence-corrected chi connectivity index (χ2v) is 9.22. The highest BCUT2D eigenvalue weighted by atomic mass is 16.6. The fraction of sp³-hybridized carbons (Fsp3) is 0.727. The highest BCUT2D eigenvalue weighted by molar-refractivity contribution is 5.89. The summed E-state index contributed by atoms with van der Waals surface area (Å²) in [6, 6.07) is 0. The summed E-state index contributed by atoms with van der Waals surface area (Å²) in [6.07, 6.45) is 6.59. The first-order chi connectivity index (χ1) is 12.9. The van der Waals surface area contributed by atoms with E-state index in [4.69, 9.17) is 14.2 Å². The van der Waals surface area contributed by atoms with E-state index >= 15 is 0 Å². The maximum Gasteiger partial charge on any atom is 0.334 e. The van der Waals surface area contributed by atoms with Crippen molar-refractivity contribution in [2.24, 2.45) is 5.92 Å². The third-order valence-corrected chi connectivity index (χ3v) is 6.51. The molecule has 0 spiro atoms. The van der Waals surface area contributed by atoms with Crippen LogP contribution in [0.15, 0.2) is 24.3 Å². The number of epoxide rings is 1. The molecule has 0 aromatic heterocycles. The summed E-state index contributed by atoms with van der Waals surface area (Å²) in [5.41, 5.74) is -1.82. The van der Waals surface area contributed by atoms with Gasteiger partial charge in [-0.2, -0.15) is 0 Å². The van der Waals surface area contributed by atoms with Crippen LogP contribution in [0.1, 0.15) is 66.2 Å². The second-order valence-electron chi connectivity index (χ2n) is 9.22. The van der Waals surface area contributed by atoms with Gasteiger partial charge in [-0.3, -0.25) is 4.79 Å². The van der Waals surface area contributed by atoms with E-state index in [9.17, 15) is 14.7 Å². The fourth-order valence-electron chi connectivity index (χ4n) is 4.39. The third kappa shape index (κ3) is 4.49. The lowest BCUT2D eigenvalue weighted by atomic mass is 9.82. The van der Waals surface area contributed by atoms with Gasteiger partial charge in [0.05, 0.1) is 17.3 Å². The van der Waals surface area contributed by atoms with Crippen molar-refractivity contribution in [1.29, 1.82) is 0 Å². The van der Waals surface area contributed by atoms with Crippen LogP contribution in [0.2, 0.25) is 0 Å². The molecule has 2 fully saturated rings. The van der Waals surface area contributed by atoms with Crippen molar-refractivity contribution < 1.29 is 28.9 Å². The van der Waals surface area contributed by atoms with Crippen molar-refractivity contribution in [1.82, 2.24) is 0 Å². The topological polar surface area (TPSA) is 85.4 Å². The molecule has 156 valence electrons. The van der Waals surface area contributed by atoms with Gasteiger partial charge >= 0.3 is 11.9 Å². The summed E-state index contributed by atoms with van der Waals surface area (Å²) < 4.78 is 17.3. The average Bonchev–Trinajstić information content (AvgIpc) is 3.24. The van der Waals surface area contributed by atoms with Crippen LogP contribution in [-0.2, 0) is 23.8 Å². The average molecular weight is 392 g/mol. The number of esters is 2. The lowest BCUT2D eigenvalue weighted by Crippen LogP contribution is -2.46. The number of carbonyl (C=O) groups excluding carboxylic acids is 2. The summed E-state index contributed by atoms with van der Waals surface area (Å²) in [5.74, 6) is -0.890. The summed E-state index contributed by atoms with van der Waals surface area (Å²) in [6.45, 7) is 10.9. The van der Waals surface area contributed by atoms with E-state index in [-0.39, 0.29) is 17.6 Å². The van der Waals surface area contributed by atoms with Gasteiger partial charge in [0.2, 0.25) is 0 Å². The zero-order valence-corrected chi connectivity index (χ0v) is 17.3. The number of ether oxygens (including phenoxy) is 3. The van der Waals surface area contributed by atoms with E-state index in [1.165, 1.54) is 6.92 Å². The Hall–Kier alpha value is -1.66. The molecular weight excluding hydrogens is 360 g/mol. The molecule has 0 aromatic rings. The van der Waals surface area contributed by atoms with Gasteiger partial charge in [-0.15, -0.1) is 0 Å². The smallest absolute Gasteiger partial charge is 0.334 e. The number of aliphatic hydroxyl groups is 1. The van der Waals surface area contributed by atoms with Crippen molar-refractivity contribution in [2.75, 3.05) is 0 Å². The summed E-state index contributed by atoms with van der Waals surface area (Å²) >= 11 is 0. The van der Waals surface area contributed by atoms with Gasteiger partial charge in [0.15, 0.2) is 0 Å². The van der Waals surface area contributed by atoms with Gasteiger partial charge in [0, 0.05) is 12.5 Å². The molecule has 2 saturated heterocycles. The molecule has 1 N–H and O–H groups in total. The highest BCUT2D eigenvalue weighted by Gasteiger charge is 2.53. The first-order valence-electron chi connectivity index (χ1n) is 10.1. The predicted molar refractivity (Wildman–Crippen MR) is 103 cm³/mol. The van der Waals surface area contributed by atoms with E-state index in [0.29, 0.717) is 44.1 Å². The summed E-state index contributed by atoms with van der Waals surface area (Å²) in [7, 11) is 0. The van der Waals surface area contributed by atoms with Gasteiger partial charge in [-0.1, -0.05) is 18.7 Å². The van der Waals surface area contributed by atoms with Gasteiger partial charge in [0.25, 0.3) is 0 Å². The minimum absolute atomic E-state index is 0.0193. The second kappa shape index (κ2) is 7.30. The van der Waals surface area contributed by atoms with Crippen molar-refractivity contribution in [3.05, 3.63) is 24.3 Å². The maximum absolute atomic E-state index is 12.7. The fourth-order valence-corrected chi connectivity index (χ4v) is 4.39. The zero-order chi connectivity index (χ0) is 20.7. The molecule has 0 unspecified atom stereocenters. The van der Waals surface area contributed by atoms with Crippen molar-refractivity contribution in [3.8, 4) is 0 Å². The molecule has 0 amide bonds. The van der Waals surface area contributed by atoms with Crippen LogP contribution in [0, 0.1) is 5.92 Å². The Kier molecular flexibility index (Phi) is 5.49. The normalized spacial score (nSPS) is 45.2. The van der Waals surface area contributed by atoms with E-state index in [2.05, 4.69) is 13.5 Å². The van der Waals surface area contributed by atoms with Crippen LogP contribution in [0.5, 0.6) is 0 Å². The number of hydrogen-bond donors (Lipinski definition) is 1. The molecule has 6 atom stereocenters. The molecule has 0 aromatic carbocycles. The van der Waals surface area contributed by atoms with Crippen LogP contribution >= 0.6 is 0 Å². The van der Waals surface area contributed by atoms with E-state index in [1.807, 2.05) is 13.0 Å². The molecule has 2 heterocycles. The van der Waals surface area contributed by atoms with Gasteiger partial charge in [0.1, 0.15) is 11.7 Å². The van der Waals surface area contributed by atoms with E-state index in [0.717, 1.165) is 0 Å². The van der Waals surface area contributed by atoms with Gasteiger partial charge < -0.3 is 19.3 Å². The Bertz CT molecular complexity index is 695. The van der Waals surface area contributed by atoms with Crippen molar-refractivity contribution in [2.45, 2.75) is 95.2 Å². The van der Waals surface area contributed by atoms with Gasteiger partial charge in [-0.05, 0) is 65.2 Å². The SMILES string of the molecule is C=C1C(=O)O[C@]2(C)CC[C@@H]1C[C@@H]1O[C@@]1(C)C/C=C/[C@](C)(O)CC[C@H]2OC(C)=O. The zero-order valence-electron chi connectivity index (χ0n) is 17.3. The quantitative estimate of drug-likeness (QED) is 0.319. The minimum Gasteiger partial charge on any atom is -0.458 e. The number of rotatable bonds is 1.